The van der Waals surface area contributed by atoms with Gasteiger partial charge in [-0.05, 0) is 50.3 Å². The van der Waals surface area contributed by atoms with Crippen LogP contribution < -0.4 is 5.32 Å². The summed E-state index contributed by atoms with van der Waals surface area (Å²) in [4.78, 5) is 13.9. The number of amides is 2. The molecule has 4 nitrogen and oxygen atoms in total. The standard InChI is InChI=1S/C17H25FN2O2/c1-2-22-16-8-11-20(12-9-16)17(21)19-10-4-6-14-5-3-7-15(18)13-14/h3,5,7,13,16H,2,4,6,8-12H2,1H3,(H,19,21). The molecule has 122 valence electrons. The number of carbonyl (C=O) groups is 1. The lowest BCUT2D eigenvalue weighted by atomic mass is 10.1. The number of halogens is 1. The summed E-state index contributed by atoms with van der Waals surface area (Å²) in [5.41, 5.74) is 0.965. The van der Waals surface area contributed by atoms with Gasteiger partial charge < -0.3 is 15.0 Å². The third kappa shape index (κ3) is 5.30. The number of aryl methyl sites for hydroxylation is 1. The van der Waals surface area contributed by atoms with Gasteiger partial charge in [-0.3, -0.25) is 0 Å². The van der Waals surface area contributed by atoms with Gasteiger partial charge in [0.05, 0.1) is 6.10 Å². The molecule has 1 aromatic carbocycles. The van der Waals surface area contributed by atoms with Crippen LogP contribution in [0, 0.1) is 5.82 Å². The molecule has 5 heteroatoms. The summed E-state index contributed by atoms with van der Waals surface area (Å²) in [6, 6.07) is 6.60. The highest BCUT2D eigenvalue weighted by Gasteiger charge is 2.22. The Balaban J connectivity index is 1.62. The largest absolute Gasteiger partial charge is 0.378 e. The predicted octanol–water partition coefficient (Wildman–Crippen LogP) is 2.97. The van der Waals surface area contributed by atoms with Crippen LogP contribution in [-0.2, 0) is 11.2 Å². The second-order valence-electron chi connectivity index (χ2n) is 5.61. The quantitative estimate of drug-likeness (QED) is 0.821. The summed E-state index contributed by atoms with van der Waals surface area (Å²) in [7, 11) is 0. The second kappa shape index (κ2) is 8.73. The molecule has 1 fully saturated rings. The van der Waals surface area contributed by atoms with Crippen molar-refractivity contribution in [3.8, 4) is 0 Å². The first-order valence-electron chi connectivity index (χ1n) is 8.08. The summed E-state index contributed by atoms with van der Waals surface area (Å²) < 4.78 is 18.6. The number of piperidine rings is 1. The highest BCUT2D eigenvalue weighted by Crippen LogP contribution is 2.13. The van der Waals surface area contributed by atoms with E-state index in [-0.39, 0.29) is 11.8 Å². The molecule has 0 aliphatic carbocycles. The van der Waals surface area contributed by atoms with Crippen molar-refractivity contribution >= 4 is 6.03 Å². The van der Waals surface area contributed by atoms with Crippen LogP contribution in [0.3, 0.4) is 0 Å². The van der Waals surface area contributed by atoms with Crippen molar-refractivity contribution in [2.24, 2.45) is 0 Å². The minimum Gasteiger partial charge on any atom is -0.378 e. The van der Waals surface area contributed by atoms with Crippen LogP contribution in [0.4, 0.5) is 9.18 Å². The van der Waals surface area contributed by atoms with Crippen LogP contribution in [0.15, 0.2) is 24.3 Å². The van der Waals surface area contributed by atoms with E-state index in [9.17, 15) is 9.18 Å². The zero-order chi connectivity index (χ0) is 15.8. The maximum absolute atomic E-state index is 13.0. The van der Waals surface area contributed by atoms with Crippen LogP contribution in [0.5, 0.6) is 0 Å². The van der Waals surface area contributed by atoms with Gasteiger partial charge in [-0.1, -0.05) is 12.1 Å². The number of hydrogen-bond acceptors (Lipinski definition) is 2. The Kier molecular flexibility index (Phi) is 6.65. The smallest absolute Gasteiger partial charge is 0.317 e. The van der Waals surface area contributed by atoms with E-state index >= 15 is 0 Å². The number of nitrogens with zero attached hydrogens (tertiary/aromatic N) is 1. The van der Waals surface area contributed by atoms with Gasteiger partial charge in [0.15, 0.2) is 0 Å². The van der Waals surface area contributed by atoms with Gasteiger partial charge >= 0.3 is 6.03 Å². The van der Waals surface area contributed by atoms with E-state index in [1.54, 1.807) is 12.1 Å². The molecule has 0 bridgehead atoms. The maximum Gasteiger partial charge on any atom is 0.317 e. The van der Waals surface area contributed by atoms with E-state index in [0.717, 1.165) is 50.9 Å². The van der Waals surface area contributed by atoms with Gasteiger partial charge in [0.1, 0.15) is 5.82 Å². The second-order valence-corrected chi connectivity index (χ2v) is 5.61. The fourth-order valence-electron chi connectivity index (χ4n) is 2.75. The van der Waals surface area contributed by atoms with E-state index in [4.69, 9.17) is 4.74 Å². The molecule has 1 N–H and O–H groups in total. The number of ether oxygens (including phenoxy) is 1. The number of hydrogen-bond donors (Lipinski definition) is 1. The Morgan fingerprint density at radius 3 is 2.86 bits per heavy atom. The van der Waals surface area contributed by atoms with Gasteiger partial charge in [-0.2, -0.15) is 0 Å². The van der Waals surface area contributed by atoms with Crippen LogP contribution >= 0.6 is 0 Å². The monoisotopic (exact) mass is 308 g/mol. The first-order valence-corrected chi connectivity index (χ1v) is 8.08. The van der Waals surface area contributed by atoms with Gasteiger partial charge in [-0.15, -0.1) is 0 Å². The average molecular weight is 308 g/mol. The predicted molar refractivity (Wildman–Crippen MR) is 84.3 cm³/mol. The van der Waals surface area contributed by atoms with Gasteiger partial charge in [-0.25, -0.2) is 9.18 Å². The van der Waals surface area contributed by atoms with Gasteiger partial charge in [0.25, 0.3) is 0 Å². The molecule has 0 aromatic heterocycles. The molecule has 2 rings (SSSR count). The van der Waals surface area contributed by atoms with Gasteiger partial charge in [0.2, 0.25) is 0 Å². The molecular formula is C17H25FN2O2. The molecular weight excluding hydrogens is 283 g/mol. The maximum atomic E-state index is 13.0. The molecule has 0 radical (unpaired) electrons. The molecule has 0 atom stereocenters. The van der Waals surface area contributed by atoms with Crippen molar-refractivity contribution in [1.82, 2.24) is 10.2 Å². The van der Waals surface area contributed by atoms with E-state index in [1.165, 1.54) is 6.07 Å². The Morgan fingerprint density at radius 2 is 2.18 bits per heavy atom. The number of benzene rings is 1. The lowest BCUT2D eigenvalue weighted by Gasteiger charge is -2.31. The van der Waals surface area contributed by atoms with E-state index in [2.05, 4.69) is 5.32 Å². The molecule has 1 aliphatic rings. The Labute approximate surface area is 131 Å². The summed E-state index contributed by atoms with van der Waals surface area (Å²) in [5, 5.41) is 2.94. The third-order valence-corrected chi connectivity index (χ3v) is 3.94. The zero-order valence-corrected chi connectivity index (χ0v) is 13.2. The highest BCUT2D eigenvalue weighted by molar-refractivity contribution is 5.74. The van der Waals surface area contributed by atoms with Crippen molar-refractivity contribution in [2.75, 3.05) is 26.2 Å². The molecule has 1 aliphatic heterocycles. The van der Waals surface area contributed by atoms with E-state index in [1.807, 2.05) is 17.9 Å². The van der Waals surface area contributed by atoms with E-state index in [0.29, 0.717) is 12.6 Å². The molecule has 0 saturated carbocycles. The fraction of sp³-hybridized carbons (Fsp3) is 0.588. The van der Waals surface area contributed by atoms with Crippen LogP contribution in [0.25, 0.3) is 0 Å². The topological polar surface area (TPSA) is 41.6 Å². The Hall–Kier alpha value is -1.62. The Bertz CT molecular complexity index is 473. The summed E-state index contributed by atoms with van der Waals surface area (Å²) in [5.74, 6) is -0.210. The van der Waals surface area contributed by atoms with E-state index < -0.39 is 0 Å². The summed E-state index contributed by atoms with van der Waals surface area (Å²) in [6.07, 6.45) is 3.69. The van der Waals surface area contributed by atoms with Crippen molar-refractivity contribution in [3.63, 3.8) is 0 Å². The van der Waals surface area contributed by atoms with Crippen molar-refractivity contribution in [1.29, 1.82) is 0 Å². The number of carbonyl (C=O) groups excluding carboxylic acids is 1. The molecule has 1 heterocycles. The fourth-order valence-corrected chi connectivity index (χ4v) is 2.75. The molecule has 0 spiro atoms. The minimum absolute atomic E-state index is 0.00538. The van der Waals surface area contributed by atoms with Crippen molar-refractivity contribution in [3.05, 3.63) is 35.6 Å². The molecule has 22 heavy (non-hydrogen) atoms. The Morgan fingerprint density at radius 1 is 1.41 bits per heavy atom. The summed E-state index contributed by atoms with van der Waals surface area (Å²) >= 11 is 0. The average Bonchev–Trinajstić information content (AvgIpc) is 2.52. The number of rotatable bonds is 6. The zero-order valence-electron chi connectivity index (χ0n) is 13.2. The number of urea groups is 1. The minimum atomic E-state index is -0.210. The first-order chi connectivity index (χ1) is 10.7. The van der Waals surface area contributed by atoms with Crippen molar-refractivity contribution < 1.29 is 13.9 Å². The molecule has 1 saturated heterocycles. The summed E-state index contributed by atoms with van der Waals surface area (Å²) in [6.45, 7) is 4.84. The first kappa shape index (κ1) is 16.7. The normalized spacial score (nSPS) is 15.8. The molecule has 0 unspecified atom stereocenters. The number of likely N-dealkylation sites (tertiary alicyclic amines) is 1. The number of nitrogens with one attached hydrogen (secondary N) is 1. The lowest BCUT2D eigenvalue weighted by Crippen LogP contribution is -2.46. The van der Waals surface area contributed by atoms with Gasteiger partial charge in [0, 0.05) is 26.2 Å². The van der Waals surface area contributed by atoms with Crippen LogP contribution in [0.1, 0.15) is 31.7 Å². The molecule has 2 amide bonds. The van der Waals surface area contributed by atoms with Crippen LogP contribution in [0.2, 0.25) is 0 Å². The lowest BCUT2D eigenvalue weighted by molar-refractivity contribution is 0.0220. The van der Waals surface area contributed by atoms with Crippen LogP contribution in [-0.4, -0.2) is 43.3 Å². The SMILES string of the molecule is CCOC1CCN(C(=O)NCCCc2cccc(F)c2)CC1. The van der Waals surface area contributed by atoms with Crippen molar-refractivity contribution in [2.45, 2.75) is 38.7 Å². The highest BCUT2D eigenvalue weighted by atomic mass is 19.1. The third-order valence-electron chi connectivity index (χ3n) is 3.94. The molecule has 1 aromatic rings.